The molecule has 10 nitrogen and oxygen atoms in total. The number of nitrogens with zero attached hydrogens (tertiary/aromatic N) is 4. The Morgan fingerprint density at radius 2 is 2.03 bits per heavy atom. The van der Waals surface area contributed by atoms with E-state index in [1.165, 1.54) is 0 Å². The van der Waals surface area contributed by atoms with Crippen molar-refractivity contribution in [2.45, 2.75) is 57.2 Å². The highest BCUT2D eigenvalue weighted by Gasteiger charge is 2.25. The van der Waals surface area contributed by atoms with Gasteiger partial charge in [-0.1, -0.05) is 12.1 Å². The van der Waals surface area contributed by atoms with Crippen molar-refractivity contribution < 1.29 is 14.3 Å². The quantitative estimate of drug-likeness (QED) is 0.450. The van der Waals surface area contributed by atoms with E-state index < -0.39 is 0 Å². The molecule has 2 fully saturated rings. The molecule has 1 aliphatic heterocycles. The van der Waals surface area contributed by atoms with E-state index in [0.717, 1.165) is 44.4 Å². The standard InChI is InChI=1S/C24H31N7O3/c1-2-34-23(32)18-5-3-4-6-19(18)28-21-20-22(31(14-26-20)17-11-12-33-13-17)30-24(29-21)27-16-9-7-15(25)8-10-16/h3-6,14-17H,2,7-13,25H2,1H3,(H2,27,28,29,30). The Morgan fingerprint density at radius 3 is 2.79 bits per heavy atom. The van der Waals surface area contributed by atoms with Gasteiger partial charge in [-0.2, -0.15) is 9.97 Å². The number of anilines is 3. The van der Waals surface area contributed by atoms with Gasteiger partial charge in [-0.15, -0.1) is 0 Å². The topological polar surface area (TPSA) is 129 Å². The number of fused-ring (bicyclic) bond motifs is 1. The van der Waals surface area contributed by atoms with Gasteiger partial charge >= 0.3 is 5.97 Å². The normalized spacial score (nSPS) is 22.6. The summed E-state index contributed by atoms with van der Waals surface area (Å²) >= 11 is 0. The second-order valence-electron chi connectivity index (χ2n) is 8.88. The molecule has 0 spiro atoms. The first-order valence-electron chi connectivity index (χ1n) is 12.0. The molecule has 2 aliphatic rings. The molecule has 3 heterocycles. The van der Waals surface area contributed by atoms with Gasteiger partial charge < -0.3 is 30.4 Å². The van der Waals surface area contributed by atoms with Gasteiger partial charge in [-0.05, 0) is 51.2 Å². The Bertz CT molecular complexity index is 1150. The fourth-order valence-corrected chi connectivity index (χ4v) is 4.63. The van der Waals surface area contributed by atoms with Crippen molar-refractivity contribution in [1.29, 1.82) is 0 Å². The number of aromatic nitrogens is 4. The fraction of sp³-hybridized carbons (Fsp3) is 0.500. The lowest BCUT2D eigenvalue weighted by molar-refractivity contribution is 0.0527. The van der Waals surface area contributed by atoms with E-state index in [2.05, 4.69) is 20.2 Å². The van der Waals surface area contributed by atoms with Crippen molar-refractivity contribution in [2.75, 3.05) is 30.5 Å². The molecule has 1 aliphatic carbocycles. The van der Waals surface area contributed by atoms with Gasteiger partial charge in [-0.25, -0.2) is 9.78 Å². The number of imidazole rings is 1. The SMILES string of the molecule is CCOC(=O)c1ccccc1Nc1nc(NC2CCC(N)CC2)nc2c1ncn2C1CCOC1. The van der Waals surface area contributed by atoms with Crippen LogP contribution in [0.2, 0.25) is 0 Å². The average Bonchev–Trinajstić information content (AvgIpc) is 3.51. The van der Waals surface area contributed by atoms with Crippen LogP contribution in [0.25, 0.3) is 11.2 Å². The number of esters is 1. The van der Waals surface area contributed by atoms with Crippen molar-refractivity contribution >= 4 is 34.6 Å². The summed E-state index contributed by atoms with van der Waals surface area (Å²) in [5.41, 5.74) is 8.50. The third-order valence-electron chi connectivity index (χ3n) is 6.50. The molecule has 34 heavy (non-hydrogen) atoms. The van der Waals surface area contributed by atoms with E-state index in [0.29, 0.717) is 41.7 Å². The maximum absolute atomic E-state index is 12.5. The van der Waals surface area contributed by atoms with Gasteiger partial charge in [0.15, 0.2) is 17.0 Å². The van der Waals surface area contributed by atoms with Crippen LogP contribution in [0.15, 0.2) is 30.6 Å². The predicted octanol–water partition coefficient (Wildman–Crippen LogP) is 3.39. The predicted molar refractivity (Wildman–Crippen MR) is 129 cm³/mol. The largest absolute Gasteiger partial charge is 0.462 e. The lowest BCUT2D eigenvalue weighted by atomic mass is 9.92. The lowest BCUT2D eigenvalue weighted by Crippen LogP contribution is -2.33. The first-order valence-corrected chi connectivity index (χ1v) is 12.0. The number of benzene rings is 1. The Kier molecular flexibility index (Phi) is 6.59. The van der Waals surface area contributed by atoms with Crippen molar-refractivity contribution in [3.63, 3.8) is 0 Å². The van der Waals surface area contributed by atoms with Crippen LogP contribution in [0.3, 0.4) is 0 Å². The van der Waals surface area contributed by atoms with E-state index in [4.69, 9.17) is 25.2 Å². The molecule has 3 aromatic rings. The number of carbonyl (C=O) groups is 1. The summed E-state index contributed by atoms with van der Waals surface area (Å²) in [6, 6.07) is 7.95. The van der Waals surface area contributed by atoms with Crippen LogP contribution in [0.1, 0.15) is 55.4 Å². The maximum Gasteiger partial charge on any atom is 0.340 e. The van der Waals surface area contributed by atoms with E-state index in [1.807, 2.05) is 18.2 Å². The molecule has 0 bridgehead atoms. The highest BCUT2D eigenvalue weighted by molar-refractivity contribution is 5.98. The highest BCUT2D eigenvalue weighted by atomic mass is 16.5. The third kappa shape index (κ3) is 4.69. The molecule has 180 valence electrons. The van der Waals surface area contributed by atoms with Gasteiger partial charge in [-0.3, -0.25) is 0 Å². The number of rotatable bonds is 7. The molecule has 0 amide bonds. The van der Waals surface area contributed by atoms with Gasteiger partial charge in [0, 0.05) is 18.7 Å². The van der Waals surface area contributed by atoms with Crippen molar-refractivity contribution in [3.05, 3.63) is 36.2 Å². The second-order valence-corrected chi connectivity index (χ2v) is 8.88. The zero-order chi connectivity index (χ0) is 23.5. The van der Waals surface area contributed by atoms with Gasteiger partial charge in [0.05, 0.1) is 36.8 Å². The number of ether oxygens (including phenoxy) is 2. The van der Waals surface area contributed by atoms with E-state index >= 15 is 0 Å². The number of carbonyl (C=O) groups excluding carboxylic acids is 1. The first-order chi connectivity index (χ1) is 16.6. The summed E-state index contributed by atoms with van der Waals surface area (Å²) in [5.74, 6) is 0.681. The molecule has 0 radical (unpaired) electrons. The maximum atomic E-state index is 12.5. The minimum absolute atomic E-state index is 0.181. The molecule has 1 saturated heterocycles. The minimum Gasteiger partial charge on any atom is -0.462 e. The summed E-state index contributed by atoms with van der Waals surface area (Å²) < 4.78 is 12.9. The van der Waals surface area contributed by atoms with Crippen molar-refractivity contribution in [2.24, 2.45) is 5.73 Å². The van der Waals surface area contributed by atoms with Crippen LogP contribution < -0.4 is 16.4 Å². The van der Waals surface area contributed by atoms with Crippen LogP contribution >= 0.6 is 0 Å². The highest BCUT2D eigenvalue weighted by Crippen LogP contribution is 2.30. The monoisotopic (exact) mass is 465 g/mol. The molecule has 1 atom stereocenters. The van der Waals surface area contributed by atoms with E-state index in [-0.39, 0.29) is 24.1 Å². The smallest absolute Gasteiger partial charge is 0.340 e. The van der Waals surface area contributed by atoms with Gasteiger partial charge in [0.2, 0.25) is 5.95 Å². The molecule has 2 aromatic heterocycles. The number of para-hydroxylation sites is 1. The number of hydrogen-bond donors (Lipinski definition) is 3. The second kappa shape index (κ2) is 9.94. The van der Waals surface area contributed by atoms with Crippen LogP contribution in [0, 0.1) is 0 Å². The molecule has 4 N–H and O–H groups in total. The molecule has 1 aromatic carbocycles. The third-order valence-corrected chi connectivity index (χ3v) is 6.50. The summed E-state index contributed by atoms with van der Waals surface area (Å²) in [4.78, 5) is 26.7. The Balaban J connectivity index is 1.52. The average molecular weight is 466 g/mol. The Hall–Kier alpha value is -3.24. The summed E-state index contributed by atoms with van der Waals surface area (Å²) in [7, 11) is 0. The number of nitrogens with two attached hydrogens (primary N) is 1. The molecule has 10 heteroatoms. The summed E-state index contributed by atoms with van der Waals surface area (Å²) in [6.07, 6.45) is 6.63. The number of hydrogen-bond acceptors (Lipinski definition) is 9. The molecular weight excluding hydrogens is 434 g/mol. The Labute approximate surface area is 198 Å². The molecular formula is C24H31N7O3. The number of nitrogens with one attached hydrogen (secondary N) is 2. The van der Waals surface area contributed by atoms with Gasteiger partial charge in [0.1, 0.15) is 0 Å². The lowest BCUT2D eigenvalue weighted by Gasteiger charge is -2.27. The fourth-order valence-electron chi connectivity index (χ4n) is 4.63. The van der Waals surface area contributed by atoms with Crippen molar-refractivity contribution in [1.82, 2.24) is 19.5 Å². The van der Waals surface area contributed by atoms with Crippen LogP contribution in [-0.2, 0) is 9.47 Å². The van der Waals surface area contributed by atoms with Crippen LogP contribution in [0.5, 0.6) is 0 Å². The zero-order valence-electron chi connectivity index (χ0n) is 19.4. The van der Waals surface area contributed by atoms with Gasteiger partial charge in [0.25, 0.3) is 0 Å². The van der Waals surface area contributed by atoms with E-state index in [9.17, 15) is 4.79 Å². The summed E-state index contributed by atoms with van der Waals surface area (Å²) in [5, 5.41) is 6.83. The summed E-state index contributed by atoms with van der Waals surface area (Å²) in [6.45, 7) is 3.45. The van der Waals surface area contributed by atoms with Crippen LogP contribution in [-0.4, -0.2) is 57.4 Å². The molecule has 1 unspecified atom stereocenters. The Morgan fingerprint density at radius 1 is 1.21 bits per heavy atom. The van der Waals surface area contributed by atoms with E-state index in [1.54, 1.807) is 19.3 Å². The minimum atomic E-state index is -0.388. The molecule has 1 saturated carbocycles. The van der Waals surface area contributed by atoms with Crippen molar-refractivity contribution in [3.8, 4) is 0 Å². The first kappa shape index (κ1) is 22.5. The van der Waals surface area contributed by atoms with Crippen LogP contribution in [0.4, 0.5) is 17.5 Å². The molecule has 5 rings (SSSR count). The zero-order valence-corrected chi connectivity index (χ0v) is 19.4.